The summed E-state index contributed by atoms with van der Waals surface area (Å²) in [6.07, 6.45) is 0. The number of hydrogen-bond acceptors (Lipinski definition) is 5. The second-order valence-corrected chi connectivity index (χ2v) is 6.30. The normalized spacial score (nSPS) is 14.8. The molecule has 0 unspecified atom stereocenters. The van der Waals surface area contributed by atoms with Crippen LogP contribution in [0.25, 0.3) is 0 Å². The van der Waals surface area contributed by atoms with E-state index in [1.54, 1.807) is 18.2 Å². The van der Waals surface area contributed by atoms with Crippen molar-refractivity contribution in [2.75, 3.05) is 31.8 Å². The Morgan fingerprint density at radius 3 is 2.79 bits per heavy atom. The number of anilines is 1. The van der Waals surface area contributed by atoms with Crippen LogP contribution in [0.4, 0.5) is 14.9 Å². The van der Waals surface area contributed by atoms with Crippen LogP contribution < -0.4 is 24.8 Å². The third kappa shape index (κ3) is 3.93. The van der Waals surface area contributed by atoms with Crippen LogP contribution in [0.15, 0.2) is 36.4 Å². The van der Waals surface area contributed by atoms with E-state index < -0.39 is 11.8 Å². The first-order valence-corrected chi connectivity index (χ1v) is 8.72. The third-order valence-electron chi connectivity index (χ3n) is 4.39. The fourth-order valence-electron chi connectivity index (χ4n) is 2.99. The Morgan fingerprint density at radius 2 is 1.89 bits per heavy atom. The number of nitrogens with zero attached hydrogens (tertiary/aromatic N) is 1. The van der Waals surface area contributed by atoms with Crippen molar-refractivity contribution in [2.45, 2.75) is 6.54 Å². The van der Waals surface area contributed by atoms with Gasteiger partial charge in [-0.25, -0.2) is 9.18 Å². The van der Waals surface area contributed by atoms with Gasteiger partial charge in [0.15, 0.2) is 18.1 Å². The summed E-state index contributed by atoms with van der Waals surface area (Å²) in [6, 6.07) is 8.82. The van der Waals surface area contributed by atoms with Crippen molar-refractivity contribution in [3.63, 3.8) is 0 Å². The van der Waals surface area contributed by atoms with E-state index in [1.165, 1.54) is 23.1 Å². The number of benzene rings is 2. The van der Waals surface area contributed by atoms with Crippen LogP contribution in [0.2, 0.25) is 0 Å². The van der Waals surface area contributed by atoms with Gasteiger partial charge in [-0.2, -0.15) is 0 Å². The van der Waals surface area contributed by atoms with Gasteiger partial charge in [-0.1, -0.05) is 0 Å². The van der Waals surface area contributed by atoms with Gasteiger partial charge in [-0.3, -0.25) is 4.79 Å². The number of carbonyl (C=O) groups is 2. The van der Waals surface area contributed by atoms with Crippen LogP contribution in [0, 0.1) is 5.82 Å². The summed E-state index contributed by atoms with van der Waals surface area (Å²) in [5.41, 5.74) is 1.15. The van der Waals surface area contributed by atoms with E-state index in [0.29, 0.717) is 28.5 Å². The first kappa shape index (κ1) is 17.9. The number of urea groups is 1. The van der Waals surface area contributed by atoms with Crippen molar-refractivity contribution >= 4 is 17.6 Å². The van der Waals surface area contributed by atoms with Gasteiger partial charge < -0.3 is 29.7 Å². The predicted octanol–water partition coefficient (Wildman–Crippen LogP) is 2.10. The molecule has 0 aliphatic carbocycles. The summed E-state index contributed by atoms with van der Waals surface area (Å²) in [5, 5.41) is 5.38. The topological polar surface area (TPSA) is 89.1 Å². The standard InChI is InChI=1S/C19H18FN3O5/c20-13-1-3-15-12(7-13)9-23(18(24)10-26-15)6-5-21-19(25)22-14-2-4-16-17(8-14)28-11-27-16/h1-4,7-8H,5-6,9-11H2,(H2,21,22,25). The molecule has 146 valence electrons. The number of fused-ring (bicyclic) bond motifs is 2. The molecule has 2 N–H and O–H groups in total. The number of nitrogens with one attached hydrogen (secondary N) is 2. The number of hydrogen-bond donors (Lipinski definition) is 2. The van der Waals surface area contributed by atoms with E-state index in [2.05, 4.69) is 10.6 Å². The van der Waals surface area contributed by atoms with Crippen LogP contribution in [0.1, 0.15) is 5.56 Å². The molecule has 0 spiro atoms. The summed E-state index contributed by atoms with van der Waals surface area (Å²) in [5.74, 6) is 1.07. The second kappa shape index (κ2) is 7.63. The number of amides is 3. The van der Waals surface area contributed by atoms with E-state index in [-0.39, 0.29) is 38.9 Å². The summed E-state index contributed by atoms with van der Waals surface area (Å²) >= 11 is 0. The Kier molecular flexibility index (Phi) is 4.88. The third-order valence-corrected chi connectivity index (χ3v) is 4.39. The Balaban J connectivity index is 1.30. The first-order valence-electron chi connectivity index (χ1n) is 8.72. The van der Waals surface area contributed by atoms with E-state index in [0.717, 1.165) is 0 Å². The van der Waals surface area contributed by atoms with Crippen molar-refractivity contribution in [2.24, 2.45) is 0 Å². The molecular weight excluding hydrogens is 369 g/mol. The zero-order valence-corrected chi connectivity index (χ0v) is 14.9. The van der Waals surface area contributed by atoms with Crippen molar-refractivity contribution in [1.82, 2.24) is 10.2 Å². The molecule has 0 radical (unpaired) electrons. The monoisotopic (exact) mass is 387 g/mol. The highest BCUT2D eigenvalue weighted by molar-refractivity contribution is 5.89. The maximum atomic E-state index is 13.5. The smallest absolute Gasteiger partial charge is 0.319 e. The lowest BCUT2D eigenvalue weighted by Gasteiger charge is -2.20. The zero-order valence-electron chi connectivity index (χ0n) is 14.9. The lowest BCUT2D eigenvalue weighted by Crippen LogP contribution is -2.40. The molecule has 0 atom stereocenters. The Labute approximate surface area is 160 Å². The van der Waals surface area contributed by atoms with Crippen LogP contribution in [-0.2, 0) is 11.3 Å². The molecule has 2 aliphatic heterocycles. The number of rotatable bonds is 4. The second-order valence-electron chi connectivity index (χ2n) is 6.30. The number of carbonyl (C=O) groups excluding carboxylic acids is 2. The molecule has 9 heteroatoms. The lowest BCUT2D eigenvalue weighted by atomic mass is 10.2. The number of halogens is 1. The largest absolute Gasteiger partial charge is 0.483 e. The van der Waals surface area contributed by atoms with Gasteiger partial charge in [-0.15, -0.1) is 0 Å². The fourth-order valence-corrected chi connectivity index (χ4v) is 2.99. The minimum atomic E-state index is -0.413. The van der Waals surface area contributed by atoms with Gasteiger partial charge in [0.05, 0.1) is 0 Å². The molecule has 2 aromatic carbocycles. The number of ether oxygens (including phenoxy) is 3. The molecule has 8 nitrogen and oxygen atoms in total. The highest BCUT2D eigenvalue weighted by Gasteiger charge is 2.22. The van der Waals surface area contributed by atoms with E-state index in [9.17, 15) is 14.0 Å². The molecule has 0 fully saturated rings. The average Bonchev–Trinajstić information content (AvgIpc) is 3.08. The molecule has 0 saturated heterocycles. The van der Waals surface area contributed by atoms with Crippen molar-refractivity contribution < 1.29 is 28.2 Å². The molecule has 2 aliphatic rings. The highest BCUT2D eigenvalue weighted by Crippen LogP contribution is 2.34. The molecular formula is C19H18FN3O5. The van der Waals surface area contributed by atoms with Gasteiger partial charge in [0, 0.05) is 37.0 Å². The van der Waals surface area contributed by atoms with Gasteiger partial charge in [-0.05, 0) is 30.3 Å². The van der Waals surface area contributed by atoms with Crippen molar-refractivity contribution in [1.29, 1.82) is 0 Å². The summed E-state index contributed by atoms with van der Waals surface area (Å²) in [6.45, 7) is 0.754. The molecule has 2 aromatic rings. The molecule has 2 heterocycles. The van der Waals surface area contributed by atoms with Gasteiger partial charge in [0.2, 0.25) is 6.79 Å². The molecule has 0 saturated carbocycles. The quantitative estimate of drug-likeness (QED) is 0.839. The van der Waals surface area contributed by atoms with Crippen LogP contribution in [0.3, 0.4) is 0 Å². The van der Waals surface area contributed by atoms with Gasteiger partial charge in [0.25, 0.3) is 5.91 Å². The minimum Gasteiger partial charge on any atom is -0.483 e. The SMILES string of the molecule is O=C(NCCN1Cc2cc(F)ccc2OCC1=O)Nc1ccc2c(c1)OCO2. The summed E-state index contributed by atoms with van der Waals surface area (Å²) in [7, 11) is 0. The van der Waals surface area contributed by atoms with Crippen LogP contribution >= 0.6 is 0 Å². The average molecular weight is 387 g/mol. The lowest BCUT2D eigenvalue weighted by molar-refractivity contribution is -0.133. The van der Waals surface area contributed by atoms with Crippen LogP contribution in [0.5, 0.6) is 17.2 Å². The van der Waals surface area contributed by atoms with Crippen LogP contribution in [-0.4, -0.2) is 43.3 Å². The van der Waals surface area contributed by atoms with E-state index in [1.807, 2.05) is 0 Å². The van der Waals surface area contributed by atoms with Crippen molar-refractivity contribution in [3.05, 3.63) is 47.8 Å². The predicted molar refractivity (Wildman–Crippen MR) is 96.9 cm³/mol. The molecule has 0 aromatic heterocycles. The molecule has 28 heavy (non-hydrogen) atoms. The fraction of sp³-hybridized carbons (Fsp3) is 0.263. The molecule has 3 amide bonds. The van der Waals surface area contributed by atoms with E-state index in [4.69, 9.17) is 14.2 Å². The first-order chi connectivity index (χ1) is 13.6. The zero-order chi connectivity index (χ0) is 19.5. The Bertz CT molecular complexity index is 920. The van der Waals surface area contributed by atoms with Gasteiger partial charge >= 0.3 is 6.03 Å². The summed E-state index contributed by atoms with van der Waals surface area (Å²) < 4.78 is 29.4. The molecule has 4 rings (SSSR count). The van der Waals surface area contributed by atoms with Gasteiger partial charge in [0.1, 0.15) is 11.6 Å². The Hall–Kier alpha value is -3.49. The highest BCUT2D eigenvalue weighted by atomic mass is 19.1. The van der Waals surface area contributed by atoms with Crippen molar-refractivity contribution in [3.8, 4) is 17.2 Å². The Morgan fingerprint density at radius 1 is 1.07 bits per heavy atom. The maximum absolute atomic E-state index is 13.5. The molecule has 0 bridgehead atoms. The summed E-state index contributed by atoms with van der Waals surface area (Å²) in [4.78, 5) is 25.8. The maximum Gasteiger partial charge on any atom is 0.319 e. The van der Waals surface area contributed by atoms with E-state index >= 15 is 0 Å². The minimum absolute atomic E-state index is 0.123.